The highest BCUT2D eigenvalue weighted by molar-refractivity contribution is 6.09. The Morgan fingerprint density at radius 3 is 2.74 bits per heavy atom. The quantitative estimate of drug-likeness (QED) is 0.386. The number of aryl methyl sites for hydroxylation is 1. The summed E-state index contributed by atoms with van der Waals surface area (Å²) in [4.78, 5) is 35.0. The summed E-state index contributed by atoms with van der Waals surface area (Å²) in [5, 5.41) is 15.4. The van der Waals surface area contributed by atoms with E-state index in [-0.39, 0.29) is 23.3 Å². The summed E-state index contributed by atoms with van der Waals surface area (Å²) in [5.41, 5.74) is 16.0. The molecule has 178 valence electrons. The van der Waals surface area contributed by atoms with Crippen LogP contribution in [0.1, 0.15) is 29.9 Å². The van der Waals surface area contributed by atoms with Crippen LogP contribution in [0.4, 0.5) is 21.9 Å². The van der Waals surface area contributed by atoms with Crippen LogP contribution in [0.2, 0.25) is 0 Å². The fraction of sp³-hybridized carbons (Fsp3) is 0.333. The molecule has 34 heavy (non-hydrogen) atoms. The van der Waals surface area contributed by atoms with Crippen LogP contribution < -0.4 is 27.0 Å². The minimum absolute atomic E-state index is 0.0397. The first-order chi connectivity index (χ1) is 16.3. The lowest BCUT2D eigenvalue weighted by Crippen LogP contribution is -2.61. The Bertz CT molecular complexity index is 1220. The smallest absolute Gasteiger partial charge is 0.404 e. The van der Waals surface area contributed by atoms with E-state index >= 15 is 0 Å². The second-order valence-corrected chi connectivity index (χ2v) is 8.68. The molecule has 3 atom stereocenters. The van der Waals surface area contributed by atoms with Gasteiger partial charge in [-0.15, -0.1) is 0 Å². The number of benzene rings is 1. The number of nitrogens with two attached hydrogens (primary N) is 2. The Labute approximate surface area is 197 Å². The van der Waals surface area contributed by atoms with Gasteiger partial charge < -0.3 is 32.1 Å². The minimum atomic E-state index is -1.09. The number of nitrogens with one attached hydrogen (secondary N) is 2. The van der Waals surface area contributed by atoms with Crippen LogP contribution in [-0.4, -0.2) is 52.2 Å². The van der Waals surface area contributed by atoms with Gasteiger partial charge in [-0.2, -0.15) is 0 Å². The van der Waals surface area contributed by atoms with E-state index in [1.54, 1.807) is 24.5 Å². The number of rotatable bonds is 5. The molecule has 0 saturated carbocycles. The van der Waals surface area contributed by atoms with Crippen molar-refractivity contribution >= 4 is 40.0 Å². The van der Waals surface area contributed by atoms with Crippen molar-refractivity contribution in [2.75, 3.05) is 29.0 Å². The Morgan fingerprint density at radius 1 is 1.24 bits per heavy atom. The molecule has 0 spiro atoms. The van der Waals surface area contributed by atoms with Crippen molar-refractivity contribution < 1.29 is 14.7 Å². The number of carbonyl (C=O) groups excluding carboxylic acids is 1. The molecular weight excluding hydrogens is 434 g/mol. The van der Waals surface area contributed by atoms with Crippen LogP contribution in [0, 0.1) is 5.92 Å². The lowest BCUT2D eigenvalue weighted by atomic mass is 9.90. The molecule has 1 aromatic carbocycles. The number of amides is 2. The van der Waals surface area contributed by atoms with Gasteiger partial charge in [-0.05, 0) is 36.1 Å². The Morgan fingerprint density at radius 2 is 2.03 bits per heavy atom. The average Bonchev–Trinajstić information content (AvgIpc) is 2.80. The molecule has 3 aromatic rings. The number of nitrogen functional groups attached to an aromatic ring is 1. The first-order valence-electron chi connectivity index (χ1n) is 11.2. The number of fused-ring (bicyclic) bond motifs is 1. The summed E-state index contributed by atoms with van der Waals surface area (Å²) >= 11 is 0. The van der Waals surface area contributed by atoms with Gasteiger partial charge in [-0.1, -0.05) is 26.0 Å². The third-order valence-corrected chi connectivity index (χ3v) is 6.23. The molecule has 4 rings (SSSR count). The Balaban J connectivity index is 1.59. The number of aromatic nitrogens is 2. The normalized spacial score (nSPS) is 20.2. The van der Waals surface area contributed by atoms with Gasteiger partial charge in [0.1, 0.15) is 0 Å². The monoisotopic (exact) mass is 463 g/mol. The number of anilines is 3. The van der Waals surface area contributed by atoms with Crippen molar-refractivity contribution in [1.29, 1.82) is 0 Å². The van der Waals surface area contributed by atoms with Crippen molar-refractivity contribution in [1.82, 2.24) is 15.3 Å². The summed E-state index contributed by atoms with van der Waals surface area (Å²) in [6.07, 6.45) is 2.97. The van der Waals surface area contributed by atoms with Crippen LogP contribution in [-0.2, 0) is 6.42 Å². The van der Waals surface area contributed by atoms with Gasteiger partial charge >= 0.3 is 6.09 Å². The van der Waals surface area contributed by atoms with Gasteiger partial charge in [0.05, 0.1) is 34.8 Å². The van der Waals surface area contributed by atoms with Crippen LogP contribution >= 0.6 is 0 Å². The number of piperidine rings is 1. The summed E-state index contributed by atoms with van der Waals surface area (Å²) in [5.74, 6) is -0.475. The van der Waals surface area contributed by atoms with E-state index in [1.807, 2.05) is 30.0 Å². The zero-order valence-electron chi connectivity index (χ0n) is 19.2. The molecule has 1 aliphatic rings. The lowest BCUT2D eigenvalue weighted by Gasteiger charge is -2.42. The highest BCUT2D eigenvalue weighted by Crippen LogP contribution is 2.30. The number of hydrogen-bond donors (Lipinski definition) is 5. The fourth-order valence-electron chi connectivity index (χ4n) is 4.49. The Kier molecular flexibility index (Phi) is 6.51. The molecule has 0 aliphatic carbocycles. The summed E-state index contributed by atoms with van der Waals surface area (Å²) in [6.45, 7) is 4.97. The minimum Gasteiger partial charge on any atom is -0.465 e. The first-order valence-corrected chi connectivity index (χ1v) is 11.2. The van der Waals surface area contributed by atoms with Crippen molar-refractivity contribution in [3.8, 4) is 0 Å². The van der Waals surface area contributed by atoms with Gasteiger partial charge in [0.15, 0.2) is 5.69 Å². The number of hydrogen-bond acceptors (Lipinski definition) is 7. The zero-order valence-corrected chi connectivity index (χ0v) is 19.2. The second kappa shape index (κ2) is 9.52. The van der Waals surface area contributed by atoms with E-state index in [0.717, 1.165) is 23.1 Å². The van der Waals surface area contributed by atoms with Crippen molar-refractivity contribution in [2.45, 2.75) is 32.4 Å². The largest absolute Gasteiger partial charge is 0.465 e. The molecular formula is C24H29N7O3. The molecule has 10 nitrogen and oxygen atoms in total. The maximum absolute atomic E-state index is 13.2. The molecule has 3 heterocycles. The van der Waals surface area contributed by atoms with Gasteiger partial charge in [0.25, 0.3) is 5.91 Å². The summed E-state index contributed by atoms with van der Waals surface area (Å²) < 4.78 is 0. The third kappa shape index (κ3) is 4.72. The average molecular weight is 464 g/mol. The molecule has 7 N–H and O–H groups in total. The third-order valence-electron chi connectivity index (χ3n) is 6.23. The molecule has 0 radical (unpaired) electrons. The topological polar surface area (TPSA) is 159 Å². The molecule has 0 bridgehead atoms. The molecule has 1 fully saturated rings. The standard InChI is InChI=1S/C24H29N7O3/c1-3-14-4-5-15-9-16(25)22(28-18(15)8-14)23(32)29-19-10-27-7-6-20(19)31-11-13(2)21(17(26)12-31)30-24(33)34/h4-10,13,17,21,30H,3,11-12,25-26H2,1-2H3,(H,29,32)(H,33,34)/t13-,17+,21-/m0/s1. The second-order valence-electron chi connectivity index (χ2n) is 8.68. The summed E-state index contributed by atoms with van der Waals surface area (Å²) in [6, 6.07) is 8.70. The van der Waals surface area contributed by atoms with Gasteiger partial charge in [-0.25, -0.2) is 9.78 Å². The van der Waals surface area contributed by atoms with E-state index in [0.29, 0.717) is 24.3 Å². The molecule has 0 unspecified atom stereocenters. The van der Waals surface area contributed by atoms with Crippen LogP contribution in [0.5, 0.6) is 0 Å². The molecule has 1 aliphatic heterocycles. The molecule has 2 amide bonds. The zero-order chi connectivity index (χ0) is 24.4. The van der Waals surface area contributed by atoms with Crippen LogP contribution in [0.25, 0.3) is 10.9 Å². The number of pyridine rings is 2. The number of carboxylic acid groups (broad SMARTS) is 1. The maximum Gasteiger partial charge on any atom is 0.404 e. The Hall–Kier alpha value is -3.92. The van der Waals surface area contributed by atoms with Crippen molar-refractivity contribution in [3.05, 3.63) is 54.0 Å². The predicted molar refractivity (Wildman–Crippen MR) is 132 cm³/mol. The van der Waals surface area contributed by atoms with Crippen molar-refractivity contribution in [3.63, 3.8) is 0 Å². The van der Waals surface area contributed by atoms with E-state index in [1.165, 1.54) is 0 Å². The highest BCUT2D eigenvalue weighted by Gasteiger charge is 2.34. The molecule has 10 heteroatoms. The van der Waals surface area contributed by atoms with E-state index < -0.39 is 18.0 Å². The predicted octanol–water partition coefficient (Wildman–Crippen LogP) is 2.45. The molecule has 1 saturated heterocycles. The highest BCUT2D eigenvalue weighted by atomic mass is 16.4. The van der Waals surface area contributed by atoms with Crippen molar-refractivity contribution in [2.24, 2.45) is 11.7 Å². The van der Waals surface area contributed by atoms with E-state index in [9.17, 15) is 9.59 Å². The molecule has 2 aromatic heterocycles. The van der Waals surface area contributed by atoms with Crippen LogP contribution in [0.3, 0.4) is 0 Å². The van der Waals surface area contributed by atoms with Crippen LogP contribution in [0.15, 0.2) is 42.7 Å². The van der Waals surface area contributed by atoms with Gasteiger partial charge in [0, 0.05) is 30.7 Å². The first kappa shape index (κ1) is 23.2. The van der Waals surface area contributed by atoms with Gasteiger partial charge in [-0.3, -0.25) is 9.78 Å². The number of nitrogens with zero attached hydrogens (tertiary/aromatic N) is 3. The van der Waals surface area contributed by atoms with Gasteiger partial charge in [0.2, 0.25) is 0 Å². The number of carbonyl (C=O) groups is 2. The SMILES string of the molecule is CCc1ccc2cc(N)c(C(=O)Nc3cnccc3N3C[C@@H](N)[C@@H](NC(=O)O)[C@@H](C)C3)nc2c1. The summed E-state index contributed by atoms with van der Waals surface area (Å²) in [7, 11) is 0. The maximum atomic E-state index is 13.2. The lowest BCUT2D eigenvalue weighted by molar-refractivity contribution is 0.102. The fourth-order valence-corrected chi connectivity index (χ4v) is 4.49. The van der Waals surface area contributed by atoms with E-state index in [2.05, 4.69) is 27.5 Å². The van der Waals surface area contributed by atoms with E-state index in [4.69, 9.17) is 16.6 Å².